The number of aryl methyl sites for hydroxylation is 1. The summed E-state index contributed by atoms with van der Waals surface area (Å²) in [5.74, 6) is 1.43. The van der Waals surface area contributed by atoms with Gasteiger partial charge in [0.2, 0.25) is 5.91 Å². The lowest BCUT2D eigenvalue weighted by molar-refractivity contribution is -0.117. The Morgan fingerprint density at radius 3 is 2.66 bits per heavy atom. The van der Waals surface area contributed by atoms with E-state index in [0.29, 0.717) is 13.1 Å². The molecule has 1 amide bonds. The summed E-state index contributed by atoms with van der Waals surface area (Å²) in [5, 5.41) is 4.07. The summed E-state index contributed by atoms with van der Waals surface area (Å²) in [7, 11) is 3.28. The Morgan fingerprint density at radius 1 is 1.14 bits per heavy atom. The standard InChI is InChI=1S/C23H25N3O3/c1-15-9-17-5-4-7-24-23(17)19(10-15)25-22(27)14-26-8-6-16-11-20(28-2)21(29-3)12-18(16)13-26/h4-5,7,9-12H,6,8,13-14H2,1-3H3,(H,25,27). The van der Waals surface area contributed by atoms with Gasteiger partial charge in [-0.1, -0.05) is 6.07 Å². The van der Waals surface area contributed by atoms with E-state index in [0.717, 1.165) is 46.6 Å². The fourth-order valence-corrected chi connectivity index (χ4v) is 3.91. The highest BCUT2D eigenvalue weighted by molar-refractivity contribution is 6.01. The van der Waals surface area contributed by atoms with Crippen molar-refractivity contribution in [2.45, 2.75) is 19.9 Å². The number of hydrogen-bond acceptors (Lipinski definition) is 5. The van der Waals surface area contributed by atoms with Crippen molar-refractivity contribution in [3.8, 4) is 11.5 Å². The number of nitrogens with one attached hydrogen (secondary N) is 1. The number of carbonyl (C=O) groups excluding carboxylic acids is 1. The van der Waals surface area contributed by atoms with Crippen LogP contribution < -0.4 is 14.8 Å². The van der Waals surface area contributed by atoms with Gasteiger partial charge in [0, 0.05) is 24.7 Å². The number of fused-ring (bicyclic) bond motifs is 2. The number of hydrogen-bond donors (Lipinski definition) is 1. The third kappa shape index (κ3) is 4.03. The number of ether oxygens (including phenoxy) is 2. The molecule has 6 nitrogen and oxygen atoms in total. The van der Waals surface area contributed by atoms with Crippen LogP contribution in [0.3, 0.4) is 0 Å². The summed E-state index contributed by atoms with van der Waals surface area (Å²) in [5.41, 5.74) is 5.08. The summed E-state index contributed by atoms with van der Waals surface area (Å²) in [6.07, 6.45) is 2.62. The Balaban J connectivity index is 1.48. The van der Waals surface area contributed by atoms with Gasteiger partial charge in [0.15, 0.2) is 11.5 Å². The molecule has 0 radical (unpaired) electrons. The van der Waals surface area contributed by atoms with E-state index in [1.165, 1.54) is 11.1 Å². The van der Waals surface area contributed by atoms with E-state index in [1.807, 2.05) is 37.3 Å². The van der Waals surface area contributed by atoms with Crippen LogP contribution >= 0.6 is 0 Å². The van der Waals surface area contributed by atoms with Crippen molar-refractivity contribution in [3.05, 3.63) is 59.3 Å². The highest BCUT2D eigenvalue weighted by atomic mass is 16.5. The molecule has 0 spiro atoms. The lowest BCUT2D eigenvalue weighted by atomic mass is 9.99. The van der Waals surface area contributed by atoms with E-state index in [9.17, 15) is 4.79 Å². The zero-order valence-corrected chi connectivity index (χ0v) is 17.0. The van der Waals surface area contributed by atoms with Crippen LogP contribution in [0.5, 0.6) is 11.5 Å². The minimum absolute atomic E-state index is 0.0357. The molecule has 2 aromatic carbocycles. The van der Waals surface area contributed by atoms with Crippen LogP contribution in [0, 0.1) is 6.92 Å². The topological polar surface area (TPSA) is 63.7 Å². The fourth-order valence-electron chi connectivity index (χ4n) is 3.91. The second-order valence-corrected chi connectivity index (χ2v) is 7.37. The predicted octanol–water partition coefficient (Wildman–Crippen LogP) is 3.56. The average Bonchev–Trinajstić information content (AvgIpc) is 2.72. The Kier molecular flexibility index (Phi) is 5.36. The molecule has 0 atom stereocenters. The molecule has 1 aromatic heterocycles. The van der Waals surface area contributed by atoms with Gasteiger partial charge in [-0.2, -0.15) is 0 Å². The number of methoxy groups -OCH3 is 2. The maximum absolute atomic E-state index is 12.7. The number of carbonyl (C=O) groups is 1. The van der Waals surface area contributed by atoms with E-state index < -0.39 is 0 Å². The zero-order chi connectivity index (χ0) is 20.4. The smallest absolute Gasteiger partial charge is 0.238 e. The van der Waals surface area contributed by atoms with Gasteiger partial charge < -0.3 is 14.8 Å². The fraction of sp³-hybridized carbons (Fsp3) is 0.304. The minimum atomic E-state index is -0.0357. The Morgan fingerprint density at radius 2 is 1.90 bits per heavy atom. The van der Waals surface area contributed by atoms with Gasteiger partial charge in [-0.15, -0.1) is 0 Å². The van der Waals surface area contributed by atoms with Crippen LogP contribution in [0.2, 0.25) is 0 Å². The molecule has 1 aliphatic rings. The summed E-state index contributed by atoms with van der Waals surface area (Å²) < 4.78 is 10.8. The third-order valence-electron chi connectivity index (χ3n) is 5.29. The van der Waals surface area contributed by atoms with Crippen molar-refractivity contribution in [1.82, 2.24) is 9.88 Å². The number of amides is 1. The van der Waals surface area contributed by atoms with Gasteiger partial charge in [-0.05, 0) is 60.4 Å². The van der Waals surface area contributed by atoms with E-state index in [-0.39, 0.29) is 5.91 Å². The minimum Gasteiger partial charge on any atom is -0.493 e. The first-order chi connectivity index (χ1) is 14.1. The first kappa shape index (κ1) is 19.2. The van der Waals surface area contributed by atoms with Crippen LogP contribution in [-0.4, -0.2) is 43.1 Å². The second-order valence-electron chi connectivity index (χ2n) is 7.37. The van der Waals surface area contributed by atoms with Crippen molar-refractivity contribution < 1.29 is 14.3 Å². The molecule has 1 N–H and O–H groups in total. The number of benzene rings is 2. The molecular formula is C23H25N3O3. The van der Waals surface area contributed by atoms with Crippen LogP contribution in [0.15, 0.2) is 42.6 Å². The van der Waals surface area contributed by atoms with E-state index in [1.54, 1.807) is 20.4 Å². The van der Waals surface area contributed by atoms with Gasteiger partial charge in [0.05, 0.1) is 32.0 Å². The predicted molar refractivity (Wildman–Crippen MR) is 114 cm³/mol. The van der Waals surface area contributed by atoms with Gasteiger partial charge in [0.1, 0.15) is 0 Å². The first-order valence-electron chi connectivity index (χ1n) is 9.68. The average molecular weight is 391 g/mol. The van der Waals surface area contributed by atoms with Crippen molar-refractivity contribution in [2.24, 2.45) is 0 Å². The van der Waals surface area contributed by atoms with E-state index >= 15 is 0 Å². The van der Waals surface area contributed by atoms with Crippen molar-refractivity contribution >= 4 is 22.5 Å². The molecule has 6 heteroatoms. The molecule has 0 fully saturated rings. The molecule has 0 saturated carbocycles. The van der Waals surface area contributed by atoms with Crippen molar-refractivity contribution in [1.29, 1.82) is 0 Å². The molecular weight excluding hydrogens is 366 g/mol. The molecule has 150 valence electrons. The Labute approximate surface area is 170 Å². The summed E-state index contributed by atoms with van der Waals surface area (Å²) in [4.78, 5) is 19.3. The third-order valence-corrected chi connectivity index (χ3v) is 5.29. The van der Waals surface area contributed by atoms with Crippen LogP contribution in [-0.2, 0) is 17.8 Å². The van der Waals surface area contributed by atoms with Gasteiger partial charge >= 0.3 is 0 Å². The van der Waals surface area contributed by atoms with Crippen molar-refractivity contribution in [2.75, 3.05) is 32.6 Å². The monoisotopic (exact) mass is 391 g/mol. The summed E-state index contributed by atoms with van der Waals surface area (Å²) in [6, 6.07) is 12.0. The molecule has 0 aliphatic carbocycles. The van der Waals surface area contributed by atoms with E-state index in [2.05, 4.69) is 21.3 Å². The molecule has 4 rings (SSSR count). The lowest BCUT2D eigenvalue weighted by Gasteiger charge is -2.29. The lowest BCUT2D eigenvalue weighted by Crippen LogP contribution is -2.37. The first-order valence-corrected chi connectivity index (χ1v) is 9.68. The summed E-state index contributed by atoms with van der Waals surface area (Å²) in [6.45, 7) is 3.88. The highest BCUT2D eigenvalue weighted by Crippen LogP contribution is 2.33. The maximum atomic E-state index is 12.7. The highest BCUT2D eigenvalue weighted by Gasteiger charge is 2.21. The van der Waals surface area contributed by atoms with Crippen LogP contribution in [0.4, 0.5) is 5.69 Å². The number of anilines is 1. The molecule has 1 aliphatic heterocycles. The quantitative estimate of drug-likeness (QED) is 0.721. The Bertz CT molecular complexity index is 1060. The SMILES string of the molecule is COc1cc2c(cc1OC)CN(CC(=O)Nc1cc(C)cc3cccnc13)CC2. The normalized spacial score (nSPS) is 13.8. The molecule has 0 saturated heterocycles. The molecule has 0 bridgehead atoms. The zero-order valence-electron chi connectivity index (χ0n) is 17.0. The molecule has 0 unspecified atom stereocenters. The Hall–Kier alpha value is -3.12. The van der Waals surface area contributed by atoms with Crippen LogP contribution in [0.25, 0.3) is 10.9 Å². The maximum Gasteiger partial charge on any atom is 0.238 e. The van der Waals surface area contributed by atoms with Crippen LogP contribution in [0.1, 0.15) is 16.7 Å². The second kappa shape index (κ2) is 8.09. The molecule has 3 aromatic rings. The van der Waals surface area contributed by atoms with E-state index in [4.69, 9.17) is 9.47 Å². The number of aromatic nitrogens is 1. The van der Waals surface area contributed by atoms with Gasteiger partial charge in [0.25, 0.3) is 0 Å². The van der Waals surface area contributed by atoms with Gasteiger partial charge in [-0.25, -0.2) is 0 Å². The van der Waals surface area contributed by atoms with Gasteiger partial charge in [-0.3, -0.25) is 14.7 Å². The molecule has 2 heterocycles. The molecule has 29 heavy (non-hydrogen) atoms. The number of rotatable bonds is 5. The number of pyridine rings is 1. The number of nitrogens with zero attached hydrogens (tertiary/aromatic N) is 2. The largest absolute Gasteiger partial charge is 0.493 e. The van der Waals surface area contributed by atoms with Crippen molar-refractivity contribution in [3.63, 3.8) is 0 Å². The summed E-state index contributed by atoms with van der Waals surface area (Å²) >= 11 is 0.